The van der Waals surface area contributed by atoms with E-state index in [1.807, 2.05) is 49.5 Å². The predicted molar refractivity (Wildman–Crippen MR) is 93.7 cm³/mol. The highest BCUT2D eigenvalue weighted by Gasteiger charge is 2.26. The minimum Gasteiger partial charge on any atom is -0.485 e. The van der Waals surface area contributed by atoms with Crippen LogP contribution in [0.1, 0.15) is 6.42 Å². The number of fused-ring (bicyclic) bond motifs is 1. The predicted octanol–water partition coefficient (Wildman–Crippen LogP) is 2.47. The van der Waals surface area contributed by atoms with Crippen molar-refractivity contribution >= 4 is 11.6 Å². The lowest BCUT2D eigenvalue weighted by molar-refractivity contribution is -0.130. The van der Waals surface area contributed by atoms with Crippen molar-refractivity contribution < 1.29 is 14.3 Å². The third-order valence-electron chi connectivity index (χ3n) is 3.97. The Morgan fingerprint density at radius 3 is 2.62 bits per heavy atom. The minimum absolute atomic E-state index is 0.133. The first-order chi connectivity index (χ1) is 11.7. The van der Waals surface area contributed by atoms with Crippen LogP contribution in [0.3, 0.4) is 0 Å². The van der Waals surface area contributed by atoms with E-state index < -0.39 is 6.10 Å². The lowest BCUT2D eigenvalue weighted by Crippen LogP contribution is -2.44. The monoisotopic (exact) mass is 326 g/mol. The zero-order valence-corrected chi connectivity index (χ0v) is 13.8. The number of ether oxygens (including phenoxy) is 2. The van der Waals surface area contributed by atoms with Gasteiger partial charge in [-0.25, -0.2) is 0 Å². The molecule has 1 N–H and O–H groups in total. The Bertz CT molecular complexity index is 675. The van der Waals surface area contributed by atoms with Crippen molar-refractivity contribution in [2.75, 3.05) is 31.6 Å². The van der Waals surface area contributed by atoms with E-state index in [2.05, 4.69) is 22.3 Å². The first-order valence-corrected chi connectivity index (χ1v) is 8.16. The second-order valence-corrected chi connectivity index (χ2v) is 5.77. The maximum Gasteiger partial charge on any atom is 0.264 e. The number of nitrogens with zero attached hydrogens (tertiary/aromatic N) is 1. The molecule has 1 amide bonds. The molecule has 0 unspecified atom stereocenters. The molecule has 126 valence electrons. The third-order valence-corrected chi connectivity index (χ3v) is 3.97. The fraction of sp³-hybridized carbons (Fsp3) is 0.316. The van der Waals surface area contributed by atoms with E-state index in [1.165, 1.54) is 5.69 Å². The Morgan fingerprint density at radius 1 is 1.12 bits per heavy atom. The molecule has 1 heterocycles. The van der Waals surface area contributed by atoms with Crippen LogP contribution in [0.15, 0.2) is 54.6 Å². The average Bonchev–Trinajstić information content (AvgIpc) is 2.65. The molecule has 0 aromatic heterocycles. The van der Waals surface area contributed by atoms with Crippen LogP contribution in [0.25, 0.3) is 0 Å². The fourth-order valence-electron chi connectivity index (χ4n) is 2.60. The largest absolute Gasteiger partial charge is 0.485 e. The highest BCUT2D eigenvalue weighted by Crippen LogP contribution is 2.30. The van der Waals surface area contributed by atoms with Crippen molar-refractivity contribution in [2.45, 2.75) is 12.5 Å². The Labute approximate surface area is 142 Å². The molecule has 0 radical (unpaired) electrons. The number of nitrogens with one attached hydrogen (secondary N) is 1. The molecule has 0 saturated heterocycles. The van der Waals surface area contributed by atoms with Crippen LogP contribution in [-0.2, 0) is 4.79 Å². The summed E-state index contributed by atoms with van der Waals surface area (Å²) in [5.74, 6) is 1.17. The quantitative estimate of drug-likeness (QED) is 0.829. The Morgan fingerprint density at radius 2 is 1.83 bits per heavy atom. The Balaban J connectivity index is 1.40. The summed E-state index contributed by atoms with van der Waals surface area (Å²) in [6.45, 7) is 1.72. The van der Waals surface area contributed by atoms with Crippen LogP contribution in [0, 0.1) is 0 Å². The molecule has 1 aliphatic rings. The van der Waals surface area contributed by atoms with E-state index >= 15 is 0 Å². The van der Waals surface area contributed by atoms with Crippen LogP contribution in [0.5, 0.6) is 11.5 Å². The van der Waals surface area contributed by atoms with Crippen LogP contribution in [-0.4, -0.2) is 38.8 Å². The summed E-state index contributed by atoms with van der Waals surface area (Å²) in [7, 11) is 2.05. The molecule has 0 fully saturated rings. The third kappa shape index (κ3) is 3.98. The van der Waals surface area contributed by atoms with Crippen LogP contribution >= 0.6 is 0 Å². The highest BCUT2D eigenvalue weighted by atomic mass is 16.6. The summed E-state index contributed by atoms with van der Waals surface area (Å²) in [6.07, 6.45) is 0.271. The van der Waals surface area contributed by atoms with Crippen LogP contribution in [0.2, 0.25) is 0 Å². The molecule has 24 heavy (non-hydrogen) atoms. The first kappa shape index (κ1) is 16.2. The number of hydrogen-bond donors (Lipinski definition) is 1. The van der Waals surface area contributed by atoms with Crippen molar-refractivity contribution in [2.24, 2.45) is 0 Å². The number of amides is 1. The molecule has 0 aliphatic carbocycles. The van der Waals surface area contributed by atoms with Gasteiger partial charge in [-0.15, -0.1) is 0 Å². The Hall–Kier alpha value is -2.69. The van der Waals surface area contributed by atoms with E-state index in [1.54, 1.807) is 0 Å². The van der Waals surface area contributed by atoms with Crippen molar-refractivity contribution in [3.63, 3.8) is 0 Å². The van der Waals surface area contributed by atoms with Gasteiger partial charge in [0.2, 0.25) is 6.10 Å². The summed E-state index contributed by atoms with van der Waals surface area (Å²) in [6, 6.07) is 17.6. The van der Waals surface area contributed by atoms with Gasteiger partial charge < -0.3 is 19.7 Å². The second kappa shape index (κ2) is 7.73. The maximum atomic E-state index is 12.2. The minimum atomic E-state index is -0.591. The molecule has 1 atom stereocenters. The second-order valence-electron chi connectivity index (χ2n) is 5.77. The number of hydrogen-bond acceptors (Lipinski definition) is 4. The van der Waals surface area contributed by atoms with Crippen molar-refractivity contribution in [1.29, 1.82) is 0 Å². The average molecular weight is 326 g/mol. The molecule has 2 aromatic rings. The van der Waals surface area contributed by atoms with Crippen molar-refractivity contribution in [1.82, 2.24) is 5.32 Å². The number of para-hydroxylation sites is 3. The number of rotatable bonds is 6. The number of benzene rings is 2. The zero-order valence-electron chi connectivity index (χ0n) is 13.8. The number of anilines is 1. The van der Waals surface area contributed by atoms with E-state index in [4.69, 9.17) is 9.47 Å². The van der Waals surface area contributed by atoms with Crippen LogP contribution in [0.4, 0.5) is 5.69 Å². The zero-order chi connectivity index (χ0) is 16.8. The van der Waals surface area contributed by atoms with Crippen LogP contribution < -0.4 is 19.7 Å². The summed E-state index contributed by atoms with van der Waals surface area (Å²) in [5, 5.41) is 2.92. The topological polar surface area (TPSA) is 50.8 Å². The summed E-state index contributed by atoms with van der Waals surface area (Å²) in [5.41, 5.74) is 1.17. The van der Waals surface area contributed by atoms with Gasteiger partial charge in [0.05, 0.1) is 0 Å². The summed E-state index contributed by atoms with van der Waals surface area (Å²) >= 11 is 0. The normalized spacial score (nSPS) is 15.6. The summed E-state index contributed by atoms with van der Waals surface area (Å²) < 4.78 is 11.3. The number of carbonyl (C=O) groups excluding carboxylic acids is 1. The molecular formula is C19H22N2O3. The maximum absolute atomic E-state index is 12.2. The van der Waals surface area contributed by atoms with Gasteiger partial charge in [0.1, 0.15) is 6.61 Å². The fourth-order valence-corrected chi connectivity index (χ4v) is 2.60. The Kier molecular flexibility index (Phi) is 5.21. The molecule has 2 aromatic carbocycles. The molecule has 3 rings (SSSR count). The summed E-state index contributed by atoms with van der Waals surface area (Å²) in [4.78, 5) is 14.4. The van der Waals surface area contributed by atoms with Gasteiger partial charge in [-0.1, -0.05) is 30.3 Å². The SMILES string of the molecule is CN(CCCNC(=O)[C@@H]1COc2ccccc2O1)c1ccccc1. The van der Waals surface area contributed by atoms with Gasteiger partial charge in [0.25, 0.3) is 5.91 Å². The molecule has 0 bridgehead atoms. The van der Waals surface area contributed by atoms with Gasteiger partial charge in [-0.2, -0.15) is 0 Å². The molecular weight excluding hydrogens is 304 g/mol. The van der Waals surface area contributed by atoms with E-state index in [0.29, 0.717) is 18.0 Å². The lowest BCUT2D eigenvalue weighted by Gasteiger charge is -2.25. The molecule has 1 aliphatic heterocycles. The molecule has 0 saturated carbocycles. The highest BCUT2D eigenvalue weighted by molar-refractivity contribution is 5.81. The number of carbonyl (C=O) groups is 1. The van der Waals surface area contributed by atoms with Gasteiger partial charge in [0.15, 0.2) is 11.5 Å². The molecule has 0 spiro atoms. The van der Waals surface area contributed by atoms with E-state index in [0.717, 1.165) is 13.0 Å². The van der Waals surface area contributed by atoms with Crippen molar-refractivity contribution in [3.8, 4) is 11.5 Å². The molecule has 5 heteroatoms. The lowest BCUT2D eigenvalue weighted by atomic mass is 10.2. The van der Waals surface area contributed by atoms with Gasteiger partial charge in [-0.3, -0.25) is 4.79 Å². The standard InChI is InChI=1S/C19H22N2O3/c1-21(15-8-3-2-4-9-15)13-7-12-20-19(22)18-14-23-16-10-5-6-11-17(16)24-18/h2-6,8-11,18H,7,12-14H2,1H3,(H,20,22)/t18-/m0/s1. The van der Waals surface area contributed by atoms with Crippen molar-refractivity contribution in [3.05, 3.63) is 54.6 Å². The first-order valence-electron chi connectivity index (χ1n) is 8.16. The van der Waals surface area contributed by atoms with E-state index in [9.17, 15) is 4.79 Å². The smallest absolute Gasteiger partial charge is 0.264 e. The molecule has 5 nitrogen and oxygen atoms in total. The van der Waals surface area contributed by atoms with Gasteiger partial charge in [-0.05, 0) is 30.7 Å². The van der Waals surface area contributed by atoms with Gasteiger partial charge >= 0.3 is 0 Å². The van der Waals surface area contributed by atoms with Gasteiger partial charge in [0, 0.05) is 25.8 Å². The van der Waals surface area contributed by atoms with E-state index in [-0.39, 0.29) is 12.5 Å².